The van der Waals surface area contributed by atoms with Gasteiger partial charge in [0.05, 0.1) is 0 Å². The lowest BCUT2D eigenvalue weighted by atomic mass is 10.1. The molecule has 0 saturated carbocycles. The average Bonchev–Trinajstić information content (AvgIpc) is 2.84. The molecule has 0 bridgehead atoms. The first-order valence-electron chi connectivity index (χ1n) is 5.10. The van der Waals surface area contributed by atoms with E-state index in [1.807, 2.05) is 0 Å². The molecule has 2 heterocycles. The normalized spacial score (nSPS) is 20.9. The molecule has 1 aromatic heterocycles. The third-order valence-electron chi connectivity index (χ3n) is 2.87. The van der Waals surface area contributed by atoms with Gasteiger partial charge in [0, 0.05) is 38.9 Å². The van der Waals surface area contributed by atoms with Crippen LogP contribution in [0, 0.1) is 5.92 Å². The van der Waals surface area contributed by atoms with Gasteiger partial charge in [-0.15, -0.1) is 0 Å². The Bertz CT molecular complexity index is 361. The highest BCUT2D eigenvalue weighted by molar-refractivity contribution is 5.92. The molecule has 82 valence electrons. The molecule has 1 saturated heterocycles. The van der Waals surface area contributed by atoms with Gasteiger partial charge in [0.15, 0.2) is 0 Å². The van der Waals surface area contributed by atoms with Crippen molar-refractivity contribution >= 4 is 5.91 Å². The molecule has 1 unspecified atom stereocenters. The summed E-state index contributed by atoms with van der Waals surface area (Å²) in [7, 11) is 1.76. The Hall–Kier alpha value is -1.36. The second kappa shape index (κ2) is 4.02. The predicted octanol–water partition coefficient (Wildman–Crippen LogP) is -0.125. The Kier molecular flexibility index (Phi) is 2.73. The molecule has 1 aliphatic heterocycles. The molecule has 0 aromatic carbocycles. The number of likely N-dealkylation sites (tertiary alicyclic amines) is 1. The molecule has 0 radical (unpaired) electrons. The zero-order chi connectivity index (χ0) is 10.8. The molecule has 0 spiro atoms. The van der Waals surface area contributed by atoms with Crippen LogP contribution in [-0.2, 0) is 7.05 Å². The Morgan fingerprint density at radius 2 is 2.53 bits per heavy atom. The smallest absolute Gasteiger partial charge is 0.272 e. The van der Waals surface area contributed by atoms with E-state index in [2.05, 4.69) is 5.10 Å². The minimum absolute atomic E-state index is 0.00551. The van der Waals surface area contributed by atoms with Gasteiger partial charge in [-0.25, -0.2) is 0 Å². The lowest BCUT2D eigenvalue weighted by Crippen LogP contribution is -2.30. The van der Waals surface area contributed by atoms with Crippen LogP contribution in [0.15, 0.2) is 12.3 Å². The van der Waals surface area contributed by atoms with Crippen LogP contribution in [0.3, 0.4) is 0 Å². The topological polar surface area (TPSA) is 58.4 Å². The van der Waals surface area contributed by atoms with E-state index in [1.165, 1.54) is 0 Å². The molecule has 1 aromatic rings. The first kappa shape index (κ1) is 10.2. The third kappa shape index (κ3) is 1.87. The first-order valence-corrected chi connectivity index (χ1v) is 5.10. The number of amides is 1. The molecule has 5 heteroatoms. The summed E-state index contributed by atoms with van der Waals surface area (Å²) in [6.07, 6.45) is 2.51. The average molecular weight is 209 g/mol. The number of aliphatic hydroxyl groups is 1. The van der Waals surface area contributed by atoms with Crippen molar-refractivity contribution in [2.45, 2.75) is 6.42 Å². The summed E-state index contributed by atoms with van der Waals surface area (Å²) in [6, 6.07) is 1.72. The van der Waals surface area contributed by atoms with E-state index in [4.69, 9.17) is 5.11 Å². The summed E-state index contributed by atoms with van der Waals surface area (Å²) < 4.78 is 1.58. The number of carbonyl (C=O) groups excluding carboxylic acids is 1. The van der Waals surface area contributed by atoms with Crippen LogP contribution in [-0.4, -0.2) is 45.4 Å². The van der Waals surface area contributed by atoms with Gasteiger partial charge in [0.2, 0.25) is 0 Å². The van der Waals surface area contributed by atoms with E-state index < -0.39 is 0 Å². The Morgan fingerprint density at radius 3 is 3.07 bits per heavy atom. The number of aryl methyl sites for hydroxylation is 1. The van der Waals surface area contributed by atoms with Crippen LogP contribution in [0.2, 0.25) is 0 Å². The van der Waals surface area contributed by atoms with Crippen LogP contribution in [0.1, 0.15) is 16.9 Å². The summed E-state index contributed by atoms with van der Waals surface area (Å²) in [5.41, 5.74) is 0.605. The SMILES string of the molecule is Cn1nccc1C(=O)N1CCC(CO)C1. The molecular weight excluding hydrogens is 194 g/mol. The van der Waals surface area contributed by atoms with Crippen molar-refractivity contribution in [3.63, 3.8) is 0 Å². The summed E-state index contributed by atoms with van der Waals surface area (Å²) in [6.45, 7) is 1.55. The number of aromatic nitrogens is 2. The number of hydrogen-bond acceptors (Lipinski definition) is 3. The van der Waals surface area contributed by atoms with E-state index in [1.54, 1.807) is 28.9 Å². The monoisotopic (exact) mass is 209 g/mol. The van der Waals surface area contributed by atoms with Gasteiger partial charge in [0.25, 0.3) is 5.91 Å². The zero-order valence-electron chi connectivity index (χ0n) is 8.76. The largest absolute Gasteiger partial charge is 0.396 e. The van der Waals surface area contributed by atoms with Crippen molar-refractivity contribution in [3.05, 3.63) is 18.0 Å². The van der Waals surface area contributed by atoms with Crippen molar-refractivity contribution in [2.24, 2.45) is 13.0 Å². The van der Waals surface area contributed by atoms with Crippen molar-refractivity contribution in [1.82, 2.24) is 14.7 Å². The summed E-state index contributed by atoms with van der Waals surface area (Å²) in [4.78, 5) is 13.7. The molecule has 1 atom stereocenters. The van der Waals surface area contributed by atoms with Crippen LogP contribution >= 0.6 is 0 Å². The Labute approximate surface area is 88.3 Å². The second-order valence-corrected chi connectivity index (χ2v) is 3.93. The maximum atomic E-state index is 12.0. The van der Waals surface area contributed by atoms with Gasteiger partial charge in [-0.2, -0.15) is 5.10 Å². The van der Waals surface area contributed by atoms with E-state index >= 15 is 0 Å². The maximum absolute atomic E-state index is 12.0. The molecule has 1 fully saturated rings. The highest BCUT2D eigenvalue weighted by atomic mass is 16.3. The molecule has 5 nitrogen and oxygen atoms in total. The van der Waals surface area contributed by atoms with E-state index in [0.29, 0.717) is 12.2 Å². The molecule has 1 N–H and O–H groups in total. The minimum atomic E-state index is 0.00551. The number of hydrogen-bond donors (Lipinski definition) is 1. The van der Waals surface area contributed by atoms with Crippen molar-refractivity contribution in [2.75, 3.05) is 19.7 Å². The quantitative estimate of drug-likeness (QED) is 0.738. The number of carbonyl (C=O) groups is 1. The van der Waals surface area contributed by atoms with Gasteiger partial charge < -0.3 is 10.0 Å². The summed E-state index contributed by atoms with van der Waals surface area (Å²) in [5.74, 6) is 0.244. The van der Waals surface area contributed by atoms with Gasteiger partial charge in [-0.1, -0.05) is 0 Å². The number of nitrogens with zero attached hydrogens (tertiary/aromatic N) is 3. The summed E-state index contributed by atoms with van der Waals surface area (Å²) >= 11 is 0. The van der Waals surface area contributed by atoms with Gasteiger partial charge in [-0.3, -0.25) is 9.48 Å². The van der Waals surface area contributed by atoms with Crippen LogP contribution < -0.4 is 0 Å². The Balaban J connectivity index is 2.07. The molecule has 0 aliphatic carbocycles. The second-order valence-electron chi connectivity index (χ2n) is 3.93. The van der Waals surface area contributed by atoms with Crippen molar-refractivity contribution < 1.29 is 9.90 Å². The molecule has 1 amide bonds. The van der Waals surface area contributed by atoms with Gasteiger partial charge >= 0.3 is 0 Å². The molecule has 15 heavy (non-hydrogen) atoms. The fraction of sp³-hybridized carbons (Fsp3) is 0.600. The van der Waals surface area contributed by atoms with E-state index in [0.717, 1.165) is 13.0 Å². The molecule has 2 rings (SSSR count). The highest BCUT2D eigenvalue weighted by Gasteiger charge is 2.27. The zero-order valence-corrected chi connectivity index (χ0v) is 8.76. The predicted molar refractivity (Wildman–Crippen MR) is 54.3 cm³/mol. The van der Waals surface area contributed by atoms with Crippen LogP contribution in [0.4, 0.5) is 0 Å². The van der Waals surface area contributed by atoms with Crippen LogP contribution in [0.5, 0.6) is 0 Å². The van der Waals surface area contributed by atoms with Gasteiger partial charge in [-0.05, 0) is 12.5 Å². The minimum Gasteiger partial charge on any atom is -0.396 e. The number of aliphatic hydroxyl groups excluding tert-OH is 1. The van der Waals surface area contributed by atoms with Crippen molar-refractivity contribution in [3.8, 4) is 0 Å². The van der Waals surface area contributed by atoms with E-state index in [9.17, 15) is 4.79 Å². The van der Waals surface area contributed by atoms with Crippen molar-refractivity contribution in [1.29, 1.82) is 0 Å². The van der Waals surface area contributed by atoms with Gasteiger partial charge in [0.1, 0.15) is 5.69 Å². The fourth-order valence-electron chi connectivity index (χ4n) is 1.91. The fourth-order valence-corrected chi connectivity index (χ4v) is 1.91. The highest BCUT2D eigenvalue weighted by Crippen LogP contribution is 2.17. The lowest BCUT2D eigenvalue weighted by molar-refractivity contribution is 0.0771. The van der Waals surface area contributed by atoms with Crippen LogP contribution in [0.25, 0.3) is 0 Å². The molecule has 1 aliphatic rings. The standard InChI is InChI=1S/C10H15N3O2/c1-12-9(2-4-11-12)10(15)13-5-3-8(6-13)7-14/h2,4,8,14H,3,5-7H2,1H3. The lowest BCUT2D eigenvalue weighted by Gasteiger charge is -2.15. The first-order chi connectivity index (χ1) is 7.22. The number of rotatable bonds is 2. The summed E-state index contributed by atoms with van der Waals surface area (Å²) in [5, 5.41) is 13.0. The molecular formula is C10H15N3O2. The third-order valence-corrected chi connectivity index (χ3v) is 2.87. The van der Waals surface area contributed by atoms with E-state index in [-0.39, 0.29) is 18.4 Å². The maximum Gasteiger partial charge on any atom is 0.272 e. The Morgan fingerprint density at radius 1 is 1.73 bits per heavy atom.